The number of pyridine rings is 1. The first kappa shape index (κ1) is 18.1. The molecule has 0 radical (unpaired) electrons. The molecule has 3 heterocycles. The Morgan fingerprint density at radius 2 is 2.04 bits per heavy atom. The van der Waals surface area contributed by atoms with Gasteiger partial charge in [-0.15, -0.1) is 11.3 Å². The molecule has 1 aromatic carbocycles. The first-order chi connectivity index (χ1) is 13.0. The van der Waals surface area contributed by atoms with Crippen molar-refractivity contribution in [3.63, 3.8) is 0 Å². The van der Waals surface area contributed by atoms with Gasteiger partial charge < -0.3 is 0 Å². The number of aromatic nitrogens is 3. The second kappa shape index (κ2) is 7.40. The Hall–Kier alpha value is -2.25. The summed E-state index contributed by atoms with van der Waals surface area (Å²) in [5.74, 6) is 0.472. The van der Waals surface area contributed by atoms with Crippen molar-refractivity contribution >= 4 is 43.5 Å². The molecule has 0 aliphatic heterocycles. The van der Waals surface area contributed by atoms with E-state index < -0.39 is 0 Å². The molecule has 0 amide bonds. The van der Waals surface area contributed by atoms with E-state index in [1.54, 1.807) is 22.9 Å². The second-order valence-corrected chi connectivity index (χ2v) is 8.66. The normalized spacial score (nSPS) is 11.7. The maximum Gasteiger partial charge on any atom is 0.272 e. The molecule has 4 aromatic rings. The van der Waals surface area contributed by atoms with Crippen LogP contribution >= 0.6 is 23.1 Å². The van der Waals surface area contributed by atoms with Crippen LogP contribution in [0.3, 0.4) is 0 Å². The van der Waals surface area contributed by atoms with Gasteiger partial charge in [-0.05, 0) is 29.7 Å². The summed E-state index contributed by atoms with van der Waals surface area (Å²) in [5, 5.41) is 1.51. The quantitative estimate of drug-likeness (QED) is 0.346. The molecule has 0 fully saturated rings. The summed E-state index contributed by atoms with van der Waals surface area (Å²) in [7, 11) is 0. The van der Waals surface area contributed by atoms with Gasteiger partial charge in [0.1, 0.15) is 15.3 Å². The van der Waals surface area contributed by atoms with Gasteiger partial charge in [-0.1, -0.05) is 43.8 Å². The highest BCUT2D eigenvalue weighted by molar-refractivity contribution is 7.98. The molecule has 4 nitrogen and oxygen atoms in total. The number of thiophene rings is 1. The second-order valence-electron chi connectivity index (χ2n) is 6.72. The Morgan fingerprint density at radius 1 is 1.22 bits per heavy atom. The van der Waals surface area contributed by atoms with E-state index in [1.807, 2.05) is 18.2 Å². The topological polar surface area (TPSA) is 47.8 Å². The first-order valence-corrected chi connectivity index (χ1v) is 10.5. The van der Waals surface area contributed by atoms with E-state index >= 15 is 0 Å². The minimum absolute atomic E-state index is 0.0484. The summed E-state index contributed by atoms with van der Waals surface area (Å²) in [6, 6.07) is 10.5. The van der Waals surface area contributed by atoms with Gasteiger partial charge in [-0.3, -0.25) is 9.36 Å². The highest BCUT2D eigenvalue weighted by atomic mass is 32.2. The molecule has 138 valence electrons. The highest BCUT2D eigenvalue weighted by Gasteiger charge is 2.18. The summed E-state index contributed by atoms with van der Waals surface area (Å²) >= 11 is 2.77. The molecule has 0 saturated carbocycles. The van der Waals surface area contributed by atoms with Crippen LogP contribution in [0.15, 0.2) is 52.5 Å². The van der Waals surface area contributed by atoms with E-state index in [1.165, 1.54) is 29.2 Å². The van der Waals surface area contributed by atoms with Crippen molar-refractivity contribution in [2.24, 2.45) is 5.92 Å². The lowest BCUT2D eigenvalue weighted by Gasteiger charge is -2.14. The number of halogens is 1. The highest BCUT2D eigenvalue weighted by Crippen LogP contribution is 2.31. The zero-order valence-electron chi connectivity index (χ0n) is 15.0. The molecule has 4 rings (SSSR count). The SMILES string of the molecule is CC(C)Cn1c(SCc2ccccc2F)nc2c(sc3ncccc32)c1=O. The Bertz CT molecular complexity index is 1180. The number of hydrogen-bond acceptors (Lipinski definition) is 5. The van der Waals surface area contributed by atoms with Crippen molar-refractivity contribution in [1.82, 2.24) is 14.5 Å². The van der Waals surface area contributed by atoms with Crippen molar-refractivity contribution in [2.75, 3.05) is 0 Å². The van der Waals surface area contributed by atoms with Crippen LogP contribution < -0.4 is 5.56 Å². The van der Waals surface area contributed by atoms with Crippen LogP contribution in [-0.4, -0.2) is 14.5 Å². The van der Waals surface area contributed by atoms with Gasteiger partial charge in [0.25, 0.3) is 5.56 Å². The minimum Gasteiger partial charge on any atom is -0.286 e. The molecule has 0 N–H and O–H groups in total. The van der Waals surface area contributed by atoms with Crippen LogP contribution in [0.5, 0.6) is 0 Å². The lowest BCUT2D eigenvalue weighted by molar-refractivity contribution is 0.475. The monoisotopic (exact) mass is 399 g/mol. The van der Waals surface area contributed by atoms with Gasteiger partial charge in [-0.25, -0.2) is 14.4 Å². The Kier molecular flexibility index (Phi) is 4.97. The van der Waals surface area contributed by atoms with Crippen molar-refractivity contribution in [3.05, 3.63) is 64.3 Å². The molecular weight excluding hydrogens is 381 g/mol. The maximum atomic E-state index is 14.0. The predicted octanol–water partition coefficient (Wildman–Crippen LogP) is 5.09. The molecule has 0 atom stereocenters. The maximum absolute atomic E-state index is 14.0. The summed E-state index contributed by atoms with van der Waals surface area (Å²) in [6.07, 6.45) is 1.72. The number of rotatable bonds is 5. The summed E-state index contributed by atoms with van der Waals surface area (Å²) in [6.45, 7) is 4.70. The Balaban J connectivity index is 1.84. The van der Waals surface area contributed by atoms with Gasteiger partial charge in [0, 0.05) is 23.9 Å². The zero-order valence-corrected chi connectivity index (χ0v) is 16.6. The zero-order chi connectivity index (χ0) is 19.0. The summed E-state index contributed by atoms with van der Waals surface area (Å²) < 4.78 is 16.3. The van der Waals surface area contributed by atoms with E-state index in [4.69, 9.17) is 4.98 Å². The lowest BCUT2D eigenvalue weighted by atomic mass is 10.2. The molecule has 0 unspecified atom stereocenters. The van der Waals surface area contributed by atoms with Gasteiger partial charge >= 0.3 is 0 Å². The summed E-state index contributed by atoms with van der Waals surface area (Å²) in [4.78, 5) is 23.1. The van der Waals surface area contributed by atoms with Crippen molar-refractivity contribution in [2.45, 2.75) is 31.3 Å². The average molecular weight is 400 g/mol. The van der Waals surface area contributed by atoms with Crippen LogP contribution in [0.25, 0.3) is 20.4 Å². The van der Waals surface area contributed by atoms with Crippen LogP contribution in [0.4, 0.5) is 4.39 Å². The Labute approximate surface area is 164 Å². The van der Waals surface area contributed by atoms with Gasteiger partial charge in [0.15, 0.2) is 5.16 Å². The van der Waals surface area contributed by atoms with Crippen molar-refractivity contribution in [3.8, 4) is 0 Å². The third-order valence-corrected chi connectivity index (χ3v) is 6.30. The molecule has 0 aliphatic rings. The number of thioether (sulfide) groups is 1. The molecule has 7 heteroatoms. The molecule has 27 heavy (non-hydrogen) atoms. The van der Waals surface area contributed by atoms with E-state index in [0.29, 0.717) is 39.2 Å². The fraction of sp³-hybridized carbons (Fsp3) is 0.250. The van der Waals surface area contributed by atoms with Crippen LogP contribution in [0.2, 0.25) is 0 Å². The van der Waals surface area contributed by atoms with Gasteiger partial charge in [-0.2, -0.15) is 0 Å². The van der Waals surface area contributed by atoms with E-state index in [-0.39, 0.29) is 11.4 Å². The fourth-order valence-electron chi connectivity index (χ4n) is 2.94. The molecule has 3 aromatic heterocycles. The van der Waals surface area contributed by atoms with Crippen LogP contribution in [0.1, 0.15) is 19.4 Å². The third-order valence-electron chi connectivity index (χ3n) is 4.18. The van der Waals surface area contributed by atoms with Crippen molar-refractivity contribution < 1.29 is 4.39 Å². The number of benzene rings is 1. The fourth-order valence-corrected chi connectivity index (χ4v) is 4.95. The van der Waals surface area contributed by atoms with Gasteiger partial charge in [0.2, 0.25) is 0 Å². The minimum atomic E-state index is -0.242. The summed E-state index contributed by atoms with van der Waals surface area (Å²) in [5.41, 5.74) is 1.24. The molecule has 0 aliphatic carbocycles. The van der Waals surface area contributed by atoms with E-state index in [2.05, 4.69) is 18.8 Å². The standard InChI is InChI=1S/C20H18FN3OS2/c1-12(2)10-24-19(25)17-16(14-7-5-9-22-18(14)27-17)23-20(24)26-11-13-6-3-4-8-15(13)21/h3-9,12H,10-11H2,1-2H3. The number of nitrogens with zero attached hydrogens (tertiary/aromatic N) is 3. The van der Waals surface area contributed by atoms with Crippen molar-refractivity contribution in [1.29, 1.82) is 0 Å². The molecule has 0 bridgehead atoms. The third kappa shape index (κ3) is 3.49. The largest absolute Gasteiger partial charge is 0.286 e. The van der Waals surface area contributed by atoms with E-state index in [0.717, 1.165) is 10.2 Å². The lowest BCUT2D eigenvalue weighted by Crippen LogP contribution is -2.24. The molecule has 0 saturated heterocycles. The predicted molar refractivity (Wildman–Crippen MR) is 110 cm³/mol. The first-order valence-electron chi connectivity index (χ1n) is 8.69. The number of hydrogen-bond donors (Lipinski definition) is 0. The van der Waals surface area contributed by atoms with Gasteiger partial charge in [0.05, 0.1) is 5.52 Å². The number of fused-ring (bicyclic) bond motifs is 3. The van der Waals surface area contributed by atoms with Crippen LogP contribution in [0, 0.1) is 11.7 Å². The van der Waals surface area contributed by atoms with E-state index in [9.17, 15) is 9.18 Å². The Morgan fingerprint density at radius 3 is 2.81 bits per heavy atom. The molecular formula is C20H18FN3OS2. The average Bonchev–Trinajstić information content (AvgIpc) is 3.02. The van der Waals surface area contributed by atoms with Crippen LogP contribution in [-0.2, 0) is 12.3 Å². The molecule has 0 spiro atoms. The smallest absolute Gasteiger partial charge is 0.272 e.